The third-order valence-electron chi connectivity index (χ3n) is 3.30. The summed E-state index contributed by atoms with van der Waals surface area (Å²) < 4.78 is 0. The number of likely N-dealkylation sites (tertiary alicyclic amines) is 1. The first-order chi connectivity index (χ1) is 9.38. The van der Waals surface area contributed by atoms with Crippen LogP contribution in [0.4, 0.5) is 4.79 Å². The molecule has 8 heteroatoms. The molecule has 0 aromatic rings. The van der Waals surface area contributed by atoms with Crippen LogP contribution in [0.25, 0.3) is 0 Å². The average molecular weight is 287 g/mol. The van der Waals surface area contributed by atoms with Gasteiger partial charge in [0.25, 0.3) is 0 Å². The zero-order chi connectivity index (χ0) is 15.3. The summed E-state index contributed by atoms with van der Waals surface area (Å²) in [7, 11) is 1.41. The fourth-order valence-corrected chi connectivity index (χ4v) is 2.27. The van der Waals surface area contributed by atoms with Gasteiger partial charge < -0.3 is 15.1 Å². The fraction of sp³-hybridized carbons (Fsp3) is 0.750. The Bertz CT molecular complexity index is 387. The summed E-state index contributed by atoms with van der Waals surface area (Å²) in [5.41, 5.74) is 2.60. The Hall–Kier alpha value is -1.83. The van der Waals surface area contributed by atoms with Crippen molar-refractivity contribution in [2.45, 2.75) is 44.7 Å². The lowest BCUT2D eigenvalue weighted by molar-refractivity contribution is -0.143. The van der Waals surface area contributed by atoms with E-state index in [9.17, 15) is 14.4 Å². The number of rotatable bonds is 6. The van der Waals surface area contributed by atoms with Gasteiger partial charge in [-0.05, 0) is 19.3 Å². The van der Waals surface area contributed by atoms with Crippen molar-refractivity contribution in [1.29, 1.82) is 0 Å². The smallest absolute Gasteiger partial charge is 0.334 e. The van der Waals surface area contributed by atoms with Crippen LogP contribution in [-0.4, -0.2) is 63.8 Å². The molecule has 1 fully saturated rings. The Morgan fingerprint density at radius 1 is 1.40 bits per heavy atom. The molecule has 1 aliphatic rings. The van der Waals surface area contributed by atoms with Gasteiger partial charge in [0, 0.05) is 13.6 Å². The standard InChI is InChI=1S/C12H21N3O5/c1-3-5-8(10(16)17)13-14(2)12(20)15-7-4-6-9(15)11(18)19/h8-9,13H,3-7H2,1-2H3,(H,16,17)(H,18,19)/t8?,9-/m0/s1. The molecule has 1 rings (SSSR count). The molecule has 0 bridgehead atoms. The summed E-state index contributed by atoms with van der Waals surface area (Å²) in [6.45, 7) is 2.22. The fourth-order valence-electron chi connectivity index (χ4n) is 2.27. The molecule has 3 N–H and O–H groups in total. The van der Waals surface area contributed by atoms with Crippen LogP contribution < -0.4 is 5.43 Å². The predicted octanol–water partition coefficient (Wildman–Crippen LogP) is 0.345. The molecular formula is C12H21N3O5. The number of hydrogen-bond acceptors (Lipinski definition) is 4. The number of carbonyl (C=O) groups is 3. The minimum atomic E-state index is -1.04. The van der Waals surface area contributed by atoms with Crippen molar-refractivity contribution in [3.8, 4) is 0 Å². The summed E-state index contributed by atoms with van der Waals surface area (Å²) >= 11 is 0. The van der Waals surface area contributed by atoms with Gasteiger partial charge in [0.05, 0.1) is 0 Å². The number of hydrogen-bond donors (Lipinski definition) is 3. The summed E-state index contributed by atoms with van der Waals surface area (Å²) in [5, 5.41) is 19.1. The van der Waals surface area contributed by atoms with Gasteiger partial charge in [0.1, 0.15) is 12.1 Å². The number of amides is 2. The van der Waals surface area contributed by atoms with Crippen molar-refractivity contribution in [2.24, 2.45) is 0 Å². The van der Waals surface area contributed by atoms with Gasteiger partial charge in [-0.3, -0.25) is 9.80 Å². The lowest BCUT2D eigenvalue weighted by Gasteiger charge is -2.29. The van der Waals surface area contributed by atoms with Gasteiger partial charge in [-0.2, -0.15) is 0 Å². The summed E-state index contributed by atoms with van der Waals surface area (Å²) in [5.74, 6) is -2.07. The van der Waals surface area contributed by atoms with Crippen LogP contribution in [-0.2, 0) is 9.59 Å². The van der Waals surface area contributed by atoms with E-state index < -0.39 is 30.1 Å². The lowest BCUT2D eigenvalue weighted by Crippen LogP contribution is -2.55. The van der Waals surface area contributed by atoms with E-state index in [0.717, 1.165) is 5.01 Å². The highest BCUT2D eigenvalue weighted by Crippen LogP contribution is 2.18. The molecule has 1 saturated heterocycles. The van der Waals surface area contributed by atoms with Crippen molar-refractivity contribution < 1.29 is 24.6 Å². The quantitative estimate of drug-likeness (QED) is 0.608. The van der Waals surface area contributed by atoms with Crippen LogP contribution in [0.15, 0.2) is 0 Å². The monoisotopic (exact) mass is 287 g/mol. The third-order valence-corrected chi connectivity index (χ3v) is 3.30. The summed E-state index contributed by atoms with van der Waals surface area (Å²) in [4.78, 5) is 35.5. The molecule has 20 heavy (non-hydrogen) atoms. The van der Waals surface area contributed by atoms with E-state index in [2.05, 4.69) is 5.43 Å². The molecule has 1 heterocycles. The van der Waals surface area contributed by atoms with E-state index in [-0.39, 0.29) is 0 Å². The summed E-state index contributed by atoms with van der Waals surface area (Å²) in [6.07, 6.45) is 2.10. The van der Waals surface area contributed by atoms with Gasteiger partial charge in [0.2, 0.25) is 0 Å². The number of nitrogens with zero attached hydrogens (tertiary/aromatic N) is 2. The van der Waals surface area contributed by atoms with Crippen LogP contribution in [0.5, 0.6) is 0 Å². The number of hydrazine groups is 1. The van der Waals surface area contributed by atoms with Crippen LogP contribution in [0, 0.1) is 0 Å². The average Bonchev–Trinajstić information content (AvgIpc) is 2.86. The molecule has 0 radical (unpaired) electrons. The zero-order valence-electron chi connectivity index (χ0n) is 11.7. The molecule has 0 saturated carbocycles. The Labute approximate surface area is 117 Å². The number of carboxylic acid groups (broad SMARTS) is 2. The Balaban J connectivity index is 2.66. The second-order valence-corrected chi connectivity index (χ2v) is 4.84. The van der Waals surface area contributed by atoms with Crippen molar-refractivity contribution in [3.63, 3.8) is 0 Å². The molecule has 1 unspecified atom stereocenters. The molecule has 2 atom stereocenters. The maximum atomic E-state index is 12.2. The highest BCUT2D eigenvalue weighted by molar-refractivity contribution is 5.83. The van der Waals surface area contributed by atoms with E-state index >= 15 is 0 Å². The number of carbonyl (C=O) groups excluding carboxylic acids is 1. The second kappa shape index (κ2) is 7.09. The van der Waals surface area contributed by atoms with Crippen LogP contribution in [0.3, 0.4) is 0 Å². The normalized spacial score (nSPS) is 19.7. The van der Waals surface area contributed by atoms with Gasteiger partial charge >= 0.3 is 18.0 Å². The highest BCUT2D eigenvalue weighted by Gasteiger charge is 2.36. The number of urea groups is 1. The first kappa shape index (κ1) is 16.2. The maximum absolute atomic E-state index is 12.2. The van der Waals surface area contributed by atoms with E-state index in [0.29, 0.717) is 32.2 Å². The van der Waals surface area contributed by atoms with E-state index in [4.69, 9.17) is 10.2 Å². The minimum absolute atomic E-state index is 0.368. The molecular weight excluding hydrogens is 266 g/mol. The number of nitrogens with one attached hydrogen (secondary N) is 1. The number of aliphatic carboxylic acids is 2. The topological polar surface area (TPSA) is 110 Å². The molecule has 8 nitrogen and oxygen atoms in total. The second-order valence-electron chi connectivity index (χ2n) is 4.84. The van der Waals surface area contributed by atoms with E-state index in [1.807, 2.05) is 6.92 Å². The van der Waals surface area contributed by atoms with Gasteiger partial charge in [-0.1, -0.05) is 13.3 Å². The van der Waals surface area contributed by atoms with Crippen molar-refractivity contribution >= 4 is 18.0 Å². The van der Waals surface area contributed by atoms with E-state index in [1.54, 1.807) is 0 Å². The van der Waals surface area contributed by atoms with Crippen LogP contribution in [0.2, 0.25) is 0 Å². The molecule has 0 spiro atoms. The van der Waals surface area contributed by atoms with Crippen molar-refractivity contribution in [1.82, 2.24) is 15.3 Å². The van der Waals surface area contributed by atoms with Crippen molar-refractivity contribution in [3.05, 3.63) is 0 Å². The first-order valence-electron chi connectivity index (χ1n) is 6.64. The maximum Gasteiger partial charge on any atom is 0.334 e. The Morgan fingerprint density at radius 3 is 2.55 bits per heavy atom. The first-order valence-corrected chi connectivity index (χ1v) is 6.64. The van der Waals surface area contributed by atoms with Crippen LogP contribution >= 0.6 is 0 Å². The van der Waals surface area contributed by atoms with E-state index in [1.165, 1.54) is 11.9 Å². The highest BCUT2D eigenvalue weighted by atomic mass is 16.4. The molecule has 0 aliphatic carbocycles. The summed E-state index contributed by atoms with van der Waals surface area (Å²) in [6, 6.07) is -2.21. The Morgan fingerprint density at radius 2 is 2.05 bits per heavy atom. The lowest BCUT2D eigenvalue weighted by atomic mass is 10.2. The number of carboxylic acids is 2. The SMILES string of the molecule is CCCC(NN(C)C(=O)N1CCC[C@H]1C(=O)O)C(=O)O. The van der Waals surface area contributed by atoms with Crippen molar-refractivity contribution in [2.75, 3.05) is 13.6 Å². The minimum Gasteiger partial charge on any atom is -0.480 e. The molecule has 114 valence electrons. The third kappa shape index (κ3) is 3.83. The zero-order valence-corrected chi connectivity index (χ0v) is 11.7. The Kier molecular flexibility index (Phi) is 5.75. The largest absolute Gasteiger partial charge is 0.480 e. The molecule has 0 aromatic carbocycles. The predicted molar refractivity (Wildman–Crippen MR) is 70.0 cm³/mol. The van der Waals surface area contributed by atoms with Gasteiger partial charge in [-0.15, -0.1) is 0 Å². The van der Waals surface area contributed by atoms with Crippen LogP contribution in [0.1, 0.15) is 32.6 Å². The van der Waals surface area contributed by atoms with Gasteiger partial charge in [-0.25, -0.2) is 15.0 Å². The molecule has 1 aliphatic heterocycles. The van der Waals surface area contributed by atoms with Gasteiger partial charge in [0.15, 0.2) is 0 Å². The molecule has 2 amide bonds. The molecule has 0 aromatic heterocycles.